The molecule has 0 fully saturated rings. The lowest BCUT2D eigenvalue weighted by Gasteiger charge is -2.15. The minimum Gasteiger partial charge on any atom is -0.462 e. The van der Waals surface area contributed by atoms with Crippen molar-refractivity contribution in [1.29, 1.82) is 0 Å². The molecule has 0 aromatic rings. The highest BCUT2D eigenvalue weighted by Crippen LogP contribution is 2.15. The summed E-state index contributed by atoms with van der Waals surface area (Å²) in [5.41, 5.74) is 0. The summed E-state index contributed by atoms with van der Waals surface area (Å²) in [4.78, 5) is 23.8. The Morgan fingerprint density at radius 1 is 0.529 bits per heavy atom. The van der Waals surface area contributed by atoms with Crippen LogP contribution < -0.4 is 0 Å². The van der Waals surface area contributed by atoms with E-state index in [2.05, 4.69) is 92.8 Å². The van der Waals surface area contributed by atoms with Crippen molar-refractivity contribution in [3.05, 3.63) is 78.9 Å². The zero-order chi connectivity index (χ0) is 28.8. The first-order chi connectivity index (χ1) is 16.6. The Morgan fingerprint density at radius 2 is 0.765 bits per heavy atom. The van der Waals surface area contributed by atoms with Crippen LogP contribution in [0.15, 0.2) is 78.9 Å². The van der Waals surface area contributed by atoms with Crippen molar-refractivity contribution in [2.45, 2.75) is 79.1 Å². The molecule has 4 heteroatoms. The summed E-state index contributed by atoms with van der Waals surface area (Å²) in [5.74, 6) is -0.373. The summed E-state index contributed by atoms with van der Waals surface area (Å²) in [7, 11) is 0. The van der Waals surface area contributed by atoms with Gasteiger partial charge in [0.2, 0.25) is 0 Å². The fourth-order valence-corrected chi connectivity index (χ4v) is 2.40. The van der Waals surface area contributed by atoms with Crippen LogP contribution in [-0.2, 0) is 19.1 Å². The largest absolute Gasteiger partial charge is 0.462 e. The molecule has 0 aromatic heterocycles. The molecule has 0 aliphatic carbocycles. The summed E-state index contributed by atoms with van der Waals surface area (Å²) in [6.45, 7) is 44.6. The van der Waals surface area contributed by atoms with Crippen LogP contribution in [0.3, 0.4) is 0 Å². The van der Waals surface area contributed by atoms with Crippen LogP contribution in [-0.4, -0.2) is 25.2 Å². The van der Waals surface area contributed by atoms with Crippen molar-refractivity contribution in [1.82, 2.24) is 0 Å². The first kappa shape index (κ1) is 48.7. The van der Waals surface area contributed by atoms with E-state index in [4.69, 9.17) is 9.47 Å². The minimum atomic E-state index is -0.162. The quantitative estimate of drug-likeness (QED) is 0.149. The number of rotatable bonds is 13. The molecule has 0 spiro atoms. The first-order valence-electron chi connectivity index (χ1n) is 11.9. The molecule has 0 bridgehead atoms. The maximum atomic E-state index is 11.9. The molecule has 0 aliphatic rings. The van der Waals surface area contributed by atoms with Crippen molar-refractivity contribution >= 4 is 11.9 Å². The number of esters is 2. The topological polar surface area (TPSA) is 52.6 Å². The molecule has 2 atom stereocenters. The Labute approximate surface area is 214 Å². The van der Waals surface area contributed by atoms with Crippen molar-refractivity contribution in [2.75, 3.05) is 13.2 Å². The maximum absolute atomic E-state index is 11.9. The average Bonchev–Trinajstić information content (AvgIpc) is 2.94. The second-order valence-corrected chi connectivity index (χ2v) is 5.83. The summed E-state index contributed by atoms with van der Waals surface area (Å²) in [6, 6.07) is 0. The molecule has 34 heavy (non-hydrogen) atoms. The van der Waals surface area contributed by atoms with Crippen LogP contribution in [0.1, 0.15) is 79.1 Å². The average molecular weight is 483 g/mol. The summed E-state index contributed by atoms with van der Waals surface area (Å²) in [5, 5.41) is 0. The van der Waals surface area contributed by atoms with E-state index in [0.717, 1.165) is 51.4 Å². The fraction of sp³-hybridized carbons (Fsp3) is 0.533. The molecule has 0 N–H and O–H groups in total. The zero-order valence-corrected chi connectivity index (χ0v) is 23.3. The van der Waals surface area contributed by atoms with E-state index < -0.39 is 0 Å². The van der Waals surface area contributed by atoms with Crippen LogP contribution in [0.5, 0.6) is 0 Å². The number of ether oxygens (including phenoxy) is 2. The second kappa shape index (κ2) is 57.4. The van der Waals surface area contributed by atoms with Gasteiger partial charge in [0.25, 0.3) is 0 Å². The molecular weight excluding hydrogens is 424 g/mol. The van der Waals surface area contributed by atoms with Gasteiger partial charge in [-0.15, -0.1) is 78.9 Å². The van der Waals surface area contributed by atoms with Gasteiger partial charge in [0.15, 0.2) is 0 Å². The fourth-order valence-electron chi connectivity index (χ4n) is 2.40. The van der Waals surface area contributed by atoms with Crippen LogP contribution in [0.4, 0.5) is 0 Å². The van der Waals surface area contributed by atoms with Gasteiger partial charge in [-0.3, -0.25) is 9.59 Å². The molecule has 0 rings (SSSR count). The molecule has 0 radical (unpaired) electrons. The lowest BCUT2D eigenvalue weighted by molar-refractivity contribution is -0.157. The Bertz CT molecular complexity index is 336. The molecule has 0 heterocycles. The van der Waals surface area contributed by atoms with Crippen molar-refractivity contribution in [3.63, 3.8) is 0 Å². The monoisotopic (exact) mass is 482 g/mol. The number of hydrogen-bond acceptors (Lipinski definition) is 4. The van der Waals surface area contributed by atoms with Crippen LogP contribution in [0.25, 0.3) is 0 Å². The van der Waals surface area contributed by atoms with E-state index in [-0.39, 0.29) is 37.0 Å². The predicted octanol–water partition coefficient (Wildman–Crippen LogP) is 9.32. The van der Waals surface area contributed by atoms with E-state index in [1.807, 2.05) is 13.8 Å². The minimum absolute atomic E-state index is 0.0244. The van der Waals surface area contributed by atoms with E-state index >= 15 is 0 Å². The molecule has 2 unspecified atom stereocenters. The zero-order valence-electron chi connectivity index (χ0n) is 23.3. The highest BCUT2D eigenvalue weighted by molar-refractivity contribution is 5.73. The molecule has 0 aromatic carbocycles. The third-order valence-electron chi connectivity index (χ3n) is 4.04. The van der Waals surface area contributed by atoms with Crippen molar-refractivity contribution in [2.24, 2.45) is 11.8 Å². The molecule has 0 aliphatic heterocycles. The lowest BCUT2D eigenvalue weighted by Crippen LogP contribution is -2.22. The van der Waals surface area contributed by atoms with Gasteiger partial charge in [0, 0.05) is 0 Å². The van der Waals surface area contributed by atoms with Gasteiger partial charge in [-0.2, -0.15) is 0 Å². The van der Waals surface area contributed by atoms with Gasteiger partial charge in [-0.05, 0) is 25.7 Å². The Kier molecular flexibility index (Phi) is 82.2. The Hall–Kier alpha value is -2.62. The van der Waals surface area contributed by atoms with Gasteiger partial charge in [0.05, 0.1) is 11.8 Å². The predicted molar refractivity (Wildman–Crippen MR) is 156 cm³/mol. The second-order valence-electron chi connectivity index (χ2n) is 5.83. The molecule has 0 saturated heterocycles. The Balaban J connectivity index is -0.000000105. The molecule has 0 saturated carbocycles. The third kappa shape index (κ3) is 39.8. The molecular formula is C30H58O4. The van der Waals surface area contributed by atoms with E-state index in [0.29, 0.717) is 0 Å². The SMILES string of the molecule is C=C.C=C.C=C.C=C.C=C.C=C.CCCCC(CC)C(=O)OCCOC(=O)C(CC)CCCC. The lowest BCUT2D eigenvalue weighted by atomic mass is 10.00. The Morgan fingerprint density at radius 3 is 0.941 bits per heavy atom. The van der Waals surface area contributed by atoms with Crippen molar-refractivity contribution in [3.8, 4) is 0 Å². The van der Waals surface area contributed by atoms with Crippen LogP contribution in [0, 0.1) is 11.8 Å². The van der Waals surface area contributed by atoms with Gasteiger partial charge >= 0.3 is 11.9 Å². The first-order valence-corrected chi connectivity index (χ1v) is 11.9. The van der Waals surface area contributed by atoms with Gasteiger partial charge < -0.3 is 9.47 Å². The normalized spacial score (nSPS) is 9.41. The number of carbonyl (C=O) groups excluding carboxylic acids is 2. The maximum Gasteiger partial charge on any atom is 0.309 e. The van der Waals surface area contributed by atoms with E-state index in [9.17, 15) is 9.59 Å². The van der Waals surface area contributed by atoms with E-state index in [1.165, 1.54) is 0 Å². The van der Waals surface area contributed by atoms with Gasteiger partial charge in [0.1, 0.15) is 13.2 Å². The summed E-state index contributed by atoms with van der Waals surface area (Å²) < 4.78 is 10.4. The van der Waals surface area contributed by atoms with Crippen LogP contribution in [0.2, 0.25) is 0 Å². The number of hydrogen-bond donors (Lipinski definition) is 0. The molecule has 0 amide bonds. The highest BCUT2D eigenvalue weighted by Gasteiger charge is 2.19. The van der Waals surface area contributed by atoms with Gasteiger partial charge in [-0.25, -0.2) is 0 Å². The molecule has 202 valence electrons. The third-order valence-corrected chi connectivity index (χ3v) is 4.04. The number of carbonyl (C=O) groups is 2. The standard InChI is InChI=1S/C18H34O4.6C2H4/c1-5-9-11-15(7-3)17(19)21-13-14-22-18(20)16(8-4)12-10-6-2;6*1-2/h15-16H,5-14H2,1-4H3;6*1-2H2. The number of unbranched alkanes of at least 4 members (excludes halogenated alkanes) is 2. The molecule has 4 nitrogen and oxygen atoms in total. The summed E-state index contributed by atoms with van der Waals surface area (Å²) in [6.07, 6.45) is 7.59. The van der Waals surface area contributed by atoms with Crippen LogP contribution >= 0.6 is 0 Å². The smallest absolute Gasteiger partial charge is 0.309 e. The summed E-state index contributed by atoms with van der Waals surface area (Å²) >= 11 is 0. The highest BCUT2D eigenvalue weighted by atomic mass is 16.6. The van der Waals surface area contributed by atoms with Gasteiger partial charge in [-0.1, -0.05) is 53.4 Å². The van der Waals surface area contributed by atoms with Crippen molar-refractivity contribution < 1.29 is 19.1 Å². The van der Waals surface area contributed by atoms with E-state index in [1.54, 1.807) is 0 Å².